The van der Waals surface area contributed by atoms with Gasteiger partial charge in [0.05, 0.1) is 5.69 Å². The van der Waals surface area contributed by atoms with Crippen molar-refractivity contribution in [2.45, 2.75) is 59.9 Å². The molecule has 1 aromatic heterocycles. The predicted molar refractivity (Wildman–Crippen MR) is 84.9 cm³/mol. The van der Waals surface area contributed by atoms with E-state index in [2.05, 4.69) is 48.9 Å². The van der Waals surface area contributed by atoms with E-state index in [1.165, 1.54) is 37.2 Å². The summed E-state index contributed by atoms with van der Waals surface area (Å²) >= 11 is 0. The molecule has 1 aliphatic rings. The molecular weight excluding hydrogens is 246 g/mol. The van der Waals surface area contributed by atoms with Gasteiger partial charge in [-0.2, -0.15) is 5.10 Å². The van der Waals surface area contributed by atoms with Crippen molar-refractivity contribution in [3.63, 3.8) is 0 Å². The Labute approximate surface area is 124 Å². The Balaban J connectivity index is 1.85. The Morgan fingerprint density at radius 1 is 1.30 bits per heavy atom. The highest BCUT2D eigenvalue weighted by molar-refractivity contribution is 5.12. The summed E-state index contributed by atoms with van der Waals surface area (Å²) in [6.07, 6.45) is 5.06. The van der Waals surface area contributed by atoms with Gasteiger partial charge in [-0.25, -0.2) is 0 Å². The first-order valence-corrected chi connectivity index (χ1v) is 8.40. The first kappa shape index (κ1) is 15.6. The quantitative estimate of drug-likeness (QED) is 0.790. The summed E-state index contributed by atoms with van der Waals surface area (Å²) in [5.74, 6) is 2.49. The maximum atomic E-state index is 4.67. The third kappa shape index (κ3) is 3.85. The molecule has 1 saturated carbocycles. The summed E-state index contributed by atoms with van der Waals surface area (Å²) in [4.78, 5) is 0. The third-order valence-electron chi connectivity index (χ3n) is 4.58. The van der Waals surface area contributed by atoms with Crippen LogP contribution in [0.25, 0.3) is 0 Å². The summed E-state index contributed by atoms with van der Waals surface area (Å²) in [6.45, 7) is 12.3. The minimum absolute atomic E-state index is 0.752. The van der Waals surface area contributed by atoms with Crippen molar-refractivity contribution in [1.29, 1.82) is 0 Å². The lowest BCUT2D eigenvalue weighted by Crippen LogP contribution is -2.37. The zero-order valence-electron chi connectivity index (χ0n) is 13.7. The molecule has 1 fully saturated rings. The Morgan fingerprint density at radius 3 is 2.60 bits per heavy atom. The first-order chi connectivity index (χ1) is 9.63. The predicted octanol–water partition coefficient (Wildman–Crippen LogP) is 3.28. The highest BCUT2D eigenvalue weighted by atomic mass is 15.3. The average molecular weight is 277 g/mol. The van der Waals surface area contributed by atoms with E-state index in [9.17, 15) is 0 Å². The molecule has 1 aromatic rings. The molecule has 3 heteroatoms. The van der Waals surface area contributed by atoms with Crippen LogP contribution in [-0.4, -0.2) is 22.9 Å². The van der Waals surface area contributed by atoms with Crippen molar-refractivity contribution in [2.75, 3.05) is 13.1 Å². The van der Waals surface area contributed by atoms with Crippen LogP contribution >= 0.6 is 0 Å². The van der Waals surface area contributed by atoms with Gasteiger partial charge in [-0.05, 0) is 69.5 Å². The van der Waals surface area contributed by atoms with E-state index in [-0.39, 0.29) is 0 Å². The lowest BCUT2D eigenvalue weighted by Gasteiger charge is -2.37. The number of hydrogen-bond donors (Lipinski definition) is 1. The lowest BCUT2D eigenvalue weighted by molar-refractivity contribution is 0.167. The van der Waals surface area contributed by atoms with E-state index >= 15 is 0 Å². The molecule has 0 amide bonds. The molecule has 20 heavy (non-hydrogen) atoms. The summed E-state index contributed by atoms with van der Waals surface area (Å²) in [5.41, 5.74) is 2.69. The van der Waals surface area contributed by atoms with Crippen LogP contribution in [-0.2, 0) is 19.4 Å². The summed E-state index contributed by atoms with van der Waals surface area (Å²) in [7, 11) is 0. The zero-order chi connectivity index (χ0) is 14.5. The van der Waals surface area contributed by atoms with Gasteiger partial charge in [0.2, 0.25) is 0 Å². The maximum Gasteiger partial charge on any atom is 0.0624 e. The third-order valence-corrected chi connectivity index (χ3v) is 4.58. The Morgan fingerprint density at radius 2 is 2.05 bits per heavy atom. The summed E-state index contributed by atoms with van der Waals surface area (Å²) in [6, 6.07) is 2.32. The Kier molecular flexibility index (Phi) is 5.64. The number of aryl methyl sites for hydroxylation is 2. The SMILES string of the molecule is CCc1cc(CC2CCC2CNCC(C)C)n(CC)n1. The van der Waals surface area contributed by atoms with E-state index in [1.807, 2.05) is 0 Å². The number of nitrogens with zero attached hydrogens (tertiary/aromatic N) is 2. The van der Waals surface area contributed by atoms with Crippen LogP contribution in [0.1, 0.15) is 51.9 Å². The van der Waals surface area contributed by atoms with Crippen molar-refractivity contribution in [3.05, 3.63) is 17.5 Å². The molecule has 2 unspecified atom stereocenters. The van der Waals surface area contributed by atoms with Crippen molar-refractivity contribution in [1.82, 2.24) is 15.1 Å². The van der Waals surface area contributed by atoms with Gasteiger partial charge in [-0.1, -0.05) is 20.8 Å². The van der Waals surface area contributed by atoms with Crippen LogP contribution < -0.4 is 5.32 Å². The summed E-state index contributed by atoms with van der Waals surface area (Å²) in [5, 5.41) is 8.30. The number of nitrogens with one attached hydrogen (secondary N) is 1. The van der Waals surface area contributed by atoms with Crippen LogP contribution in [0.4, 0.5) is 0 Å². The van der Waals surface area contributed by atoms with Gasteiger partial charge in [0, 0.05) is 12.2 Å². The molecule has 0 aromatic carbocycles. The van der Waals surface area contributed by atoms with Crippen LogP contribution in [0.5, 0.6) is 0 Å². The van der Waals surface area contributed by atoms with Gasteiger partial charge in [-0.3, -0.25) is 4.68 Å². The molecular formula is C17H31N3. The van der Waals surface area contributed by atoms with Gasteiger partial charge < -0.3 is 5.32 Å². The number of aromatic nitrogens is 2. The molecule has 0 radical (unpaired) electrons. The van der Waals surface area contributed by atoms with Crippen molar-refractivity contribution < 1.29 is 0 Å². The highest BCUT2D eigenvalue weighted by Crippen LogP contribution is 2.36. The highest BCUT2D eigenvalue weighted by Gasteiger charge is 2.31. The van der Waals surface area contributed by atoms with Crippen molar-refractivity contribution >= 4 is 0 Å². The second-order valence-electron chi connectivity index (χ2n) is 6.65. The second-order valence-corrected chi connectivity index (χ2v) is 6.65. The van der Waals surface area contributed by atoms with E-state index in [4.69, 9.17) is 0 Å². The lowest BCUT2D eigenvalue weighted by atomic mass is 9.71. The largest absolute Gasteiger partial charge is 0.316 e. The van der Waals surface area contributed by atoms with Crippen molar-refractivity contribution in [2.24, 2.45) is 17.8 Å². The van der Waals surface area contributed by atoms with E-state index in [1.54, 1.807) is 0 Å². The van der Waals surface area contributed by atoms with Crippen molar-refractivity contribution in [3.8, 4) is 0 Å². The van der Waals surface area contributed by atoms with Crippen LogP contribution in [0.3, 0.4) is 0 Å². The fraction of sp³-hybridized carbons (Fsp3) is 0.824. The van der Waals surface area contributed by atoms with Gasteiger partial charge in [0.15, 0.2) is 0 Å². The van der Waals surface area contributed by atoms with Crippen LogP contribution in [0, 0.1) is 17.8 Å². The molecule has 0 aliphatic heterocycles. The minimum atomic E-state index is 0.752. The van der Waals surface area contributed by atoms with E-state index in [0.29, 0.717) is 0 Å². The molecule has 1 N–H and O–H groups in total. The van der Waals surface area contributed by atoms with Gasteiger partial charge in [0.1, 0.15) is 0 Å². The van der Waals surface area contributed by atoms with Gasteiger partial charge >= 0.3 is 0 Å². The van der Waals surface area contributed by atoms with Gasteiger partial charge in [0.25, 0.3) is 0 Å². The van der Waals surface area contributed by atoms with E-state index in [0.717, 1.165) is 37.3 Å². The molecule has 1 aliphatic carbocycles. The topological polar surface area (TPSA) is 29.9 Å². The zero-order valence-corrected chi connectivity index (χ0v) is 13.7. The number of rotatable bonds is 8. The Hall–Kier alpha value is -0.830. The molecule has 3 nitrogen and oxygen atoms in total. The molecule has 2 atom stereocenters. The monoisotopic (exact) mass is 277 g/mol. The molecule has 2 rings (SSSR count). The normalized spacial score (nSPS) is 22.2. The molecule has 0 saturated heterocycles. The fourth-order valence-corrected chi connectivity index (χ4v) is 3.13. The van der Waals surface area contributed by atoms with Crippen LogP contribution in [0.15, 0.2) is 6.07 Å². The molecule has 1 heterocycles. The average Bonchev–Trinajstić information content (AvgIpc) is 2.81. The summed E-state index contributed by atoms with van der Waals surface area (Å²) < 4.78 is 2.20. The first-order valence-electron chi connectivity index (χ1n) is 8.40. The standard InChI is InChI=1S/C17H31N3/c1-5-16-10-17(20(6-2)19-16)9-14-7-8-15(14)12-18-11-13(3)4/h10,13-15,18H,5-9,11-12H2,1-4H3. The number of hydrogen-bond acceptors (Lipinski definition) is 2. The Bertz CT molecular complexity index is 408. The second kappa shape index (κ2) is 7.26. The fourth-order valence-electron chi connectivity index (χ4n) is 3.13. The molecule has 0 spiro atoms. The molecule has 114 valence electrons. The van der Waals surface area contributed by atoms with E-state index < -0.39 is 0 Å². The molecule has 0 bridgehead atoms. The maximum absolute atomic E-state index is 4.67. The smallest absolute Gasteiger partial charge is 0.0624 e. The minimum Gasteiger partial charge on any atom is -0.316 e. The van der Waals surface area contributed by atoms with Gasteiger partial charge in [-0.15, -0.1) is 0 Å². The van der Waals surface area contributed by atoms with Crippen LogP contribution in [0.2, 0.25) is 0 Å².